The second kappa shape index (κ2) is 10.8. The molecule has 0 atom stereocenters. The SMILES string of the molecule is CC(=O)NCCNC(=O)CCC(=O)Nc1ccc(CCC(=O)O)cc1. The Kier molecular flexibility index (Phi) is 8.70. The number of anilines is 1. The van der Waals surface area contributed by atoms with Gasteiger partial charge in [-0.2, -0.15) is 0 Å². The molecule has 0 aliphatic heterocycles. The third-order valence-corrected chi connectivity index (χ3v) is 3.27. The van der Waals surface area contributed by atoms with E-state index in [4.69, 9.17) is 5.11 Å². The minimum atomic E-state index is -0.854. The minimum absolute atomic E-state index is 0.0483. The van der Waals surface area contributed by atoms with Crippen molar-refractivity contribution in [2.45, 2.75) is 32.6 Å². The van der Waals surface area contributed by atoms with Crippen LogP contribution in [0, 0.1) is 0 Å². The molecule has 0 aliphatic rings. The fourth-order valence-electron chi connectivity index (χ4n) is 1.99. The predicted molar refractivity (Wildman–Crippen MR) is 92.0 cm³/mol. The molecule has 0 spiro atoms. The van der Waals surface area contributed by atoms with E-state index in [0.717, 1.165) is 5.56 Å². The van der Waals surface area contributed by atoms with Crippen LogP contribution in [-0.2, 0) is 25.6 Å². The van der Waals surface area contributed by atoms with Crippen LogP contribution in [0.15, 0.2) is 24.3 Å². The van der Waals surface area contributed by atoms with Crippen molar-refractivity contribution < 1.29 is 24.3 Å². The molecule has 0 aromatic heterocycles. The summed E-state index contributed by atoms with van der Waals surface area (Å²) in [4.78, 5) is 44.6. The first-order valence-corrected chi connectivity index (χ1v) is 7.98. The third kappa shape index (κ3) is 9.75. The average Bonchev–Trinajstić information content (AvgIpc) is 2.56. The second-order valence-corrected chi connectivity index (χ2v) is 5.47. The summed E-state index contributed by atoms with van der Waals surface area (Å²) in [6.07, 6.45) is 0.598. The average molecular weight is 349 g/mol. The summed E-state index contributed by atoms with van der Waals surface area (Å²) in [6.45, 7) is 2.06. The van der Waals surface area contributed by atoms with Crippen molar-refractivity contribution >= 4 is 29.4 Å². The molecule has 4 N–H and O–H groups in total. The van der Waals surface area contributed by atoms with E-state index >= 15 is 0 Å². The quantitative estimate of drug-likeness (QED) is 0.462. The standard InChI is InChI=1S/C17H23N3O5/c1-12(21)18-10-11-19-15(22)7-8-16(23)20-14-5-2-13(3-6-14)4-9-17(24)25/h2-3,5-6H,4,7-11H2,1H3,(H,18,21)(H,19,22)(H,20,23)(H,24,25). The van der Waals surface area contributed by atoms with Gasteiger partial charge in [-0.25, -0.2) is 0 Å². The molecule has 8 heteroatoms. The van der Waals surface area contributed by atoms with Gasteiger partial charge in [0.05, 0.1) is 0 Å². The summed E-state index contributed by atoms with van der Waals surface area (Å²) >= 11 is 0. The number of benzene rings is 1. The number of aliphatic carboxylic acids is 1. The summed E-state index contributed by atoms with van der Waals surface area (Å²) < 4.78 is 0. The normalized spacial score (nSPS) is 9.96. The maximum atomic E-state index is 11.8. The molecule has 25 heavy (non-hydrogen) atoms. The molecule has 8 nitrogen and oxygen atoms in total. The number of hydrogen-bond donors (Lipinski definition) is 4. The van der Waals surface area contributed by atoms with Gasteiger partial charge in [0, 0.05) is 45.0 Å². The number of carboxylic acids is 1. The molecule has 0 aliphatic carbocycles. The first-order chi connectivity index (χ1) is 11.9. The largest absolute Gasteiger partial charge is 0.481 e. The highest BCUT2D eigenvalue weighted by Crippen LogP contribution is 2.11. The van der Waals surface area contributed by atoms with E-state index < -0.39 is 5.97 Å². The number of rotatable bonds is 10. The zero-order chi connectivity index (χ0) is 18.7. The van der Waals surface area contributed by atoms with Crippen molar-refractivity contribution in [2.75, 3.05) is 18.4 Å². The zero-order valence-electron chi connectivity index (χ0n) is 14.1. The Bertz CT molecular complexity index is 613. The lowest BCUT2D eigenvalue weighted by Gasteiger charge is -2.07. The third-order valence-electron chi connectivity index (χ3n) is 3.27. The minimum Gasteiger partial charge on any atom is -0.481 e. The van der Waals surface area contributed by atoms with Crippen LogP contribution in [0.5, 0.6) is 0 Å². The van der Waals surface area contributed by atoms with Crippen molar-refractivity contribution in [2.24, 2.45) is 0 Å². The van der Waals surface area contributed by atoms with Crippen LogP contribution in [0.1, 0.15) is 31.7 Å². The van der Waals surface area contributed by atoms with Gasteiger partial charge in [-0.15, -0.1) is 0 Å². The number of amides is 3. The van der Waals surface area contributed by atoms with Gasteiger partial charge in [0.25, 0.3) is 0 Å². The smallest absolute Gasteiger partial charge is 0.303 e. The van der Waals surface area contributed by atoms with Crippen LogP contribution in [0.4, 0.5) is 5.69 Å². The Morgan fingerprint density at radius 3 is 2.08 bits per heavy atom. The van der Waals surface area contributed by atoms with E-state index in [1.54, 1.807) is 24.3 Å². The lowest BCUT2D eigenvalue weighted by atomic mass is 10.1. The van der Waals surface area contributed by atoms with Gasteiger partial charge in [0.1, 0.15) is 0 Å². The molecule has 0 saturated carbocycles. The molecule has 3 amide bonds. The Labute approximate surface area is 146 Å². The van der Waals surface area contributed by atoms with Crippen molar-refractivity contribution in [1.82, 2.24) is 10.6 Å². The van der Waals surface area contributed by atoms with Crippen LogP contribution in [0.3, 0.4) is 0 Å². The van der Waals surface area contributed by atoms with E-state index in [2.05, 4.69) is 16.0 Å². The fraction of sp³-hybridized carbons (Fsp3) is 0.412. The van der Waals surface area contributed by atoms with Crippen LogP contribution < -0.4 is 16.0 Å². The van der Waals surface area contributed by atoms with Crippen molar-refractivity contribution in [3.05, 3.63) is 29.8 Å². The van der Waals surface area contributed by atoms with Gasteiger partial charge in [0.2, 0.25) is 17.7 Å². The van der Waals surface area contributed by atoms with Crippen molar-refractivity contribution in [3.63, 3.8) is 0 Å². The van der Waals surface area contributed by atoms with Crippen molar-refractivity contribution in [3.8, 4) is 0 Å². The van der Waals surface area contributed by atoms with Gasteiger partial charge < -0.3 is 21.1 Å². The molecule has 1 aromatic carbocycles. The Morgan fingerprint density at radius 1 is 0.880 bits per heavy atom. The van der Waals surface area contributed by atoms with E-state index in [-0.39, 0.29) is 37.0 Å². The lowest BCUT2D eigenvalue weighted by molar-refractivity contribution is -0.137. The first kappa shape index (κ1) is 20.1. The number of hydrogen-bond acceptors (Lipinski definition) is 4. The highest BCUT2D eigenvalue weighted by molar-refractivity contribution is 5.93. The van der Waals surface area contributed by atoms with Crippen LogP contribution >= 0.6 is 0 Å². The second-order valence-electron chi connectivity index (χ2n) is 5.47. The van der Waals surface area contributed by atoms with Crippen LogP contribution in [0.25, 0.3) is 0 Å². The van der Waals surface area contributed by atoms with Gasteiger partial charge >= 0.3 is 5.97 Å². The Balaban J connectivity index is 2.26. The Hall–Kier alpha value is -2.90. The highest BCUT2D eigenvalue weighted by atomic mass is 16.4. The number of carbonyl (C=O) groups excluding carboxylic acids is 3. The lowest BCUT2D eigenvalue weighted by Crippen LogP contribution is -2.33. The van der Waals surface area contributed by atoms with E-state index in [1.807, 2.05) is 0 Å². The fourth-order valence-corrected chi connectivity index (χ4v) is 1.99. The van der Waals surface area contributed by atoms with Crippen molar-refractivity contribution in [1.29, 1.82) is 0 Å². The van der Waals surface area contributed by atoms with E-state index in [1.165, 1.54) is 6.92 Å². The van der Waals surface area contributed by atoms with Gasteiger partial charge in [-0.3, -0.25) is 19.2 Å². The maximum absolute atomic E-state index is 11.8. The first-order valence-electron chi connectivity index (χ1n) is 7.98. The number of carbonyl (C=O) groups is 4. The monoisotopic (exact) mass is 349 g/mol. The molecule has 0 heterocycles. The summed E-state index contributed by atoms with van der Waals surface area (Å²) in [6, 6.07) is 6.91. The molecule has 136 valence electrons. The molecule has 0 fully saturated rings. The molecule has 0 bridgehead atoms. The predicted octanol–water partition coefficient (Wildman–Crippen LogP) is 0.675. The highest BCUT2D eigenvalue weighted by Gasteiger charge is 2.07. The zero-order valence-corrected chi connectivity index (χ0v) is 14.1. The number of carboxylic acid groups (broad SMARTS) is 1. The maximum Gasteiger partial charge on any atom is 0.303 e. The van der Waals surface area contributed by atoms with E-state index in [0.29, 0.717) is 25.2 Å². The van der Waals surface area contributed by atoms with Gasteiger partial charge in [-0.1, -0.05) is 12.1 Å². The Morgan fingerprint density at radius 2 is 1.48 bits per heavy atom. The molecular weight excluding hydrogens is 326 g/mol. The molecule has 1 aromatic rings. The topological polar surface area (TPSA) is 125 Å². The molecule has 0 radical (unpaired) electrons. The summed E-state index contributed by atoms with van der Waals surface area (Å²) in [5.41, 5.74) is 1.47. The van der Waals surface area contributed by atoms with Crippen LogP contribution in [-0.4, -0.2) is 41.9 Å². The molecule has 0 saturated heterocycles. The van der Waals surface area contributed by atoms with E-state index in [9.17, 15) is 19.2 Å². The summed E-state index contributed by atoms with van der Waals surface area (Å²) in [7, 11) is 0. The summed E-state index contributed by atoms with van der Waals surface area (Å²) in [5, 5.41) is 16.5. The number of nitrogens with one attached hydrogen (secondary N) is 3. The molecule has 0 unspecified atom stereocenters. The number of aryl methyl sites for hydroxylation is 1. The molecular formula is C17H23N3O5. The molecule has 1 rings (SSSR count). The van der Waals surface area contributed by atoms with Gasteiger partial charge in [0.15, 0.2) is 0 Å². The van der Waals surface area contributed by atoms with Crippen LogP contribution in [0.2, 0.25) is 0 Å². The summed E-state index contributed by atoms with van der Waals surface area (Å²) in [5.74, 6) is -1.56. The van der Waals surface area contributed by atoms with Gasteiger partial charge in [-0.05, 0) is 24.1 Å².